The molecular formula is C18H21N. The summed E-state index contributed by atoms with van der Waals surface area (Å²) in [6.45, 7) is 3.20. The number of nitrogens with one attached hydrogen (secondary N) is 1. The summed E-state index contributed by atoms with van der Waals surface area (Å²) in [4.78, 5) is 0. The average molecular weight is 251 g/mol. The zero-order valence-corrected chi connectivity index (χ0v) is 11.5. The van der Waals surface area contributed by atoms with Gasteiger partial charge in [-0.05, 0) is 35.7 Å². The number of hydrogen-bond donors (Lipinski definition) is 1. The smallest absolute Gasteiger partial charge is 0.0243 e. The van der Waals surface area contributed by atoms with E-state index < -0.39 is 0 Å². The van der Waals surface area contributed by atoms with Gasteiger partial charge in [-0.2, -0.15) is 0 Å². The van der Waals surface area contributed by atoms with E-state index in [9.17, 15) is 0 Å². The van der Waals surface area contributed by atoms with Crippen molar-refractivity contribution in [2.75, 3.05) is 6.54 Å². The van der Waals surface area contributed by atoms with Crippen LogP contribution in [0.25, 0.3) is 10.8 Å². The number of terminal acetylenes is 1. The van der Waals surface area contributed by atoms with Gasteiger partial charge in [0.05, 0.1) is 0 Å². The largest absolute Gasteiger partial charge is 0.313 e. The SMILES string of the molecule is C#CCC(Cc1ccc2ccccc2c1)NCCC. The van der Waals surface area contributed by atoms with Crippen molar-refractivity contribution in [1.29, 1.82) is 0 Å². The van der Waals surface area contributed by atoms with E-state index in [-0.39, 0.29) is 0 Å². The highest BCUT2D eigenvalue weighted by Gasteiger charge is 2.07. The standard InChI is InChI=1S/C18H21N/c1-3-7-18(19-12-4-2)14-15-10-11-16-8-5-6-9-17(16)13-15/h1,5-6,8-11,13,18-19H,4,7,12,14H2,2H3. The monoisotopic (exact) mass is 251 g/mol. The highest BCUT2D eigenvalue weighted by molar-refractivity contribution is 5.82. The summed E-state index contributed by atoms with van der Waals surface area (Å²) < 4.78 is 0. The maximum absolute atomic E-state index is 5.46. The molecule has 2 aromatic rings. The average Bonchev–Trinajstić information content (AvgIpc) is 2.45. The minimum Gasteiger partial charge on any atom is -0.313 e. The summed E-state index contributed by atoms with van der Waals surface area (Å²) in [5.41, 5.74) is 1.35. The van der Waals surface area contributed by atoms with E-state index in [2.05, 4.69) is 60.6 Å². The molecule has 0 heterocycles. The van der Waals surface area contributed by atoms with E-state index in [1.165, 1.54) is 16.3 Å². The highest BCUT2D eigenvalue weighted by atomic mass is 14.9. The predicted molar refractivity (Wildman–Crippen MR) is 83.2 cm³/mol. The van der Waals surface area contributed by atoms with Gasteiger partial charge in [-0.3, -0.25) is 0 Å². The lowest BCUT2D eigenvalue weighted by molar-refractivity contribution is 0.517. The zero-order valence-electron chi connectivity index (χ0n) is 11.5. The molecule has 1 N–H and O–H groups in total. The molecular weight excluding hydrogens is 230 g/mol. The van der Waals surface area contributed by atoms with Crippen LogP contribution in [0.5, 0.6) is 0 Å². The van der Waals surface area contributed by atoms with Gasteiger partial charge in [-0.1, -0.05) is 49.4 Å². The Kier molecular flexibility index (Phi) is 5.01. The number of fused-ring (bicyclic) bond motifs is 1. The lowest BCUT2D eigenvalue weighted by Crippen LogP contribution is -2.31. The third-order valence-corrected chi connectivity index (χ3v) is 3.34. The van der Waals surface area contributed by atoms with Gasteiger partial charge in [0.1, 0.15) is 0 Å². The van der Waals surface area contributed by atoms with Crippen LogP contribution in [0.3, 0.4) is 0 Å². The van der Waals surface area contributed by atoms with Gasteiger partial charge >= 0.3 is 0 Å². The van der Waals surface area contributed by atoms with E-state index in [4.69, 9.17) is 6.42 Å². The molecule has 2 aromatic carbocycles. The Bertz CT molecular complexity index is 565. The number of benzene rings is 2. The second-order valence-electron chi connectivity index (χ2n) is 4.94. The van der Waals surface area contributed by atoms with Gasteiger partial charge in [0, 0.05) is 12.5 Å². The van der Waals surface area contributed by atoms with Crippen LogP contribution in [0.15, 0.2) is 42.5 Å². The van der Waals surface area contributed by atoms with Crippen molar-refractivity contribution in [3.05, 3.63) is 48.0 Å². The van der Waals surface area contributed by atoms with Gasteiger partial charge in [0.15, 0.2) is 0 Å². The van der Waals surface area contributed by atoms with Gasteiger partial charge in [0.25, 0.3) is 0 Å². The fourth-order valence-corrected chi connectivity index (χ4v) is 2.36. The summed E-state index contributed by atoms with van der Waals surface area (Å²) >= 11 is 0. The van der Waals surface area contributed by atoms with Crippen LogP contribution in [0, 0.1) is 12.3 Å². The van der Waals surface area contributed by atoms with E-state index in [1.807, 2.05) is 0 Å². The van der Waals surface area contributed by atoms with E-state index in [0.29, 0.717) is 6.04 Å². The summed E-state index contributed by atoms with van der Waals surface area (Å²) in [6, 6.07) is 15.5. The Morgan fingerprint density at radius 1 is 1.16 bits per heavy atom. The molecule has 0 radical (unpaired) electrons. The molecule has 0 aliphatic rings. The van der Waals surface area contributed by atoms with Crippen molar-refractivity contribution >= 4 is 10.8 Å². The molecule has 0 saturated heterocycles. The molecule has 0 aliphatic heterocycles. The number of rotatable bonds is 6. The summed E-state index contributed by atoms with van der Waals surface area (Å²) in [5.74, 6) is 2.77. The molecule has 0 aliphatic carbocycles. The Labute approximate surface area is 116 Å². The summed E-state index contributed by atoms with van der Waals surface area (Å²) in [5, 5.41) is 6.12. The molecule has 2 rings (SSSR count). The molecule has 0 amide bonds. The first-order chi connectivity index (χ1) is 9.33. The molecule has 0 spiro atoms. The van der Waals surface area contributed by atoms with Gasteiger partial charge in [-0.15, -0.1) is 12.3 Å². The van der Waals surface area contributed by atoms with Crippen molar-refractivity contribution in [2.24, 2.45) is 0 Å². The lowest BCUT2D eigenvalue weighted by atomic mass is 10.00. The van der Waals surface area contributed by atoms with Crippen LogP contribution in [0.4, 0.5) is 0 Å². The molecule has 0 bridgehead atoms. The molecule has 0 aromatic heterocycles. The molecule has 0 fully saturated rings. The molecule has 19 heavy (non-hydrogen) atoms. The first-order valence-electron chi connectivity index (χ1n) is 6.98. The number of hydrogen-bond acceptors (Lipinski definition) is 1. The molecule has 1 heteroatoms. The van der Waals surface area contributed by atoms with E-state index in [0.717, 1.165) is 25.8 Å². The molecule has 98 valence electrons. The normalized spacial score (nSPS) is 12.2. The van der Waals surface area contributed by atoms with Crippen LogP contribution in [-0.2, 0) is 6.42 Å². The predicted octanol–water partition coefficient (Wildman–Crippen LogP) is 3.77. The zero-order chi connectivity index (χ0) is 13.5. The highest BCUT2D eigenvalue weighted by Crippen LogP contribution is 2.17. The van der Waals surface area contributed by atoms with E-state index in [1.54, 1.807) is 0 Å². The first kappa shape index (κ1) is 13.6. The fraction of sp³-hybridized carbons (Fsp3) is 0.333. The Balaban J connectivity index is 2.12. The van der Waals surface area contributed by atoms with Gasteiger partial charge < -0.3 is 5.32 Å². The lowest BCUT2D eigenvalue weighted by Gasteiger charge is -2.16. The second kappa shape index (κ2) is 6.97. The molecule has 1 atom stereocenters. The molecule has 0 saturated carbocycles. The Hall–Kier alpha value is -1.78. The van der Waals surface area contributed by atoms with Crippen molar-refractivity contribution in [1.82, 2.24) is 5.32 Å². The Morgan fingerprint density at radius 2 is 1.95 bits per heavy atom. The van der Waals surface area contributed by atoms with Crippen LogP contribution >= 0.6 is 0 Å². The quantitative estimate of drug-likeness (QED) is 0.771. The van der Waals surface area contributed by atoms with Crippen molar-refractivity contribution in [2.45, 2.75) is 32.2 Å². The maximum Gasteiger partial charge on any atom is 0.0243 e. The molecule has 1 unspecified atom stereocenters. The third kappa shape index (κ3) is 3.84. The third-order valence-electron chi connectivity index (χ3n) is 3.34. The van der Waals surface area contributed by atoms with Crippen LogP contribution in [0.1, 0.15) is 25.3 Å². The van der Waals surface area contributed by atoms with Gasteiger partial charge in [0.2, 0.25) is 0 Å². The summed E-state index contributed by atoms with van der Waals surface area (Å²) in [6.07, 6.45) is 8.37. The fourth-order valence-electron chi connectivity index (χ4n) is 2.36. The van der Waals surface area contributed by atoms with E-state index >= 15 is 0 Å². The maximum atomic E-state index is 5.46. The second-order valence-corrected chi connectivity index (χ2v) is 4.94. The van der Waals surface area contributed by atoms with Gasteiger partial charge in [-0.25, -0.2) is 0 Å². The minimum atomic E-state index is 0.381. The first-order valence-corrected chi connectivity index (χ1v) is 6.98. The van der Waals surface area contributed by atoms with Crippen LogP contribution < -0.4 is 5.32 Å². The topological polar surface area (TPSA) is 12.0 Å². The van der Waals surface area contributed by atoms with Crippen molar-refractivity contribution in [3.8, 4) is 12.3 Å². The van der Waals surface area contributed by atoms with Crippen LogP contribution in [-0.4, -0.2) is 12.6 Å². The molecule has 1 nitrogen and oxygen atoms in total. The van der Waals surface area contributed by atoms with Crippen LogP contribution in [0.2, 0.25) is 0 Å². The Morgan fingerprint density at radius 3 is 2.68 bits per heavy atom. The summed E-state index contributed by atoms with van der Waals surface area (Å²) in [7, 11) is 0. The van der Waals surface area contributed by atoms with Crippen molar-refractivity contribution < 1.29 is 0 Å². The minimum absolute atomic E-state index is 0.381. The van der Waals surface area contributed by atoms with Crippen molar-refractivity contribution in [3.63, 3.8) is 0 Å².